The van der Waals surface area contributed by atoms with E-state index in [2.05, 4.69) is 20.5 Å². The number of aromatic nitrogens is 3. The third kappa shape index (κ3) is 4.75. The second kappa shape index (κ2) is 8.36. The molecule has 4 N–H and O–H groups in total. The molecule has 1 saturated heterocycles. The number of hydrogen-bond donors (Lipinski definition) is 4. The highest BCUT2D eigenvalue weighted by Crippen LogP contribution is 2.24. The Morgan fingerprint density at radius 2 is 2.26 bits per heavy atom. The molecule has 2 heterocycles. The van der Waals surface area contributed by atoms with Crippen molar-refractivity contribution in [1.82, 2.24) is 25.4 Å². The molecule has 1 atom stereocenters. The van der Waals surface area contributed by atoms with Gasteiger partial charge in [0.1, 0.15) is 11.6 Å². The number of carbonyl (C=O) groups is 1. The molecule has 1 aliphatic heterocycles. The lowest BCUT2D eigenvalue weighted by atomic mass is 9.91. The molecule has 1 aliphatic rings. The van der Waals surface area contributed by atoms with Gasteiger partial charge in [0.25, 0.3) is 5.91 Å². The van der Waals surface area contributed by atoms with Crippen LogP contribution in [0, 0.1) is 0 Å². The summed E-state index contributed by atoms with van der Waals surface area (Å²) in [7, 11) is 1.61. The van der Waals surface area contributed by atoms with Crippen molar-refractivity contribution < 1.29 is 14.6 Å². The summed E-state index contributed by atoms with van der Waals surface area (Å²) in [6.45, 7) is 1.71. The number of H-pyrrole nitrogens is 2. The van der Waals surface area contributed by atoms with Gasteiger partial charge in [0.05, 0.1) is 7.11 Å². The third-order valence-corrected chi connectivity index (χ3v) is 4.72. The number of benzene rings is 1. The normalized spacial score (nSPS) is 20.1. The van der Waals surface area contributed by atoms with Crippen molar-refractivity contribution in [2.24, 2.45) is 0 Å². The zero-order valence-electron chi connectivity index (χ0n) is 15.3. The molecule has 27 heavy (non-hydrogen) atoms. The second-order valence-corrected chi connectivity index (χ2v) is 6.76. The maximum atomic E-state index is 12.8. The Kier molecular flexibility index (Phi) is 5.92. The Balaban J connectivity index is 1.54. The number of nitrogens with one attached hydrogen (secondary N) is 3. The number of carbonyl (C=O) groups excluding carboxylic acids is 1. The Morgan fingerprint density at radius 1 is 1.41 bits per heavy atom. The SMILES string of the molecule is COc1cccc(CN2CCC[C@@](O)(CNCCc3n[nH]c(=O)[nH]3)C2=O)c1. The lowest BCUT2D eigenvalue weighted by Crippen LogP contribution is -2.57. The van der Waals surface area contributed by atoms with Crippen LogP contribution >= 0.6 is 0 Å². The fourth-order valence-electron chi connectivity index (χ4n) is 3.30. The van der Waals surface area contributed by atoms with Crippen molar-refractivity contribution in [2.45, 2.75) is 31.4 Å². The molecule has 1 aromatic heterocycles. The Labute approximate surface area is 156 Å². The van der Waals surface area contributed by atoms with E-state index in [1.165, 1.54) is 0 Å². The van der Waals surface area contributed by atoms with Crippen LogP contribution < -0.4 is 15.7 Å². The van der Waals surface area contributed by atoms with E-state index in [0.29, 0.717) is 38.3 Å². The van der Waals surface area contributed by atoms with Gasteiger partial charge in [-0.3, -0.25) is 9.78 Å². The summed E-state index contributed by atoms with van der Waals surface area (Å²) in [5, 5.41) is 20.1. The monoisotopic (exact) mass is 375 g/mol. The second-order valence-electron chi connectivity index (χ2n) is 6.76. The van der Waals surface area contributed by atoms with Gasteiger partial charge in [0.15, 0.2) is 5.60 Å². The van der Waals surface area contributed by atoms with Gasteiger partial charge in [-0.25, -0.2) is 9.89 Å². The number of aromatic amines is 2. The summed E-state index contributed by atoms with van der Waals surface area (Å²) in [4.78, 5) is 28.1. The van der Waals surface area contributed by atoms with E-state index in [-0.39, 0.29) is 18.1 Å². The average Bonchev–Trinajstić information content (AvgIpc) is 3.08. The van der Waals surface area contributed by atoms with Crippen LogP contribution in [-0.2, 0) is 17.8 Å². The highest BCUT2D eigenvalue weighted by molar-refractivity contribution is 5.86. The van der Waals surface area contributed by atoms with Crippen LogP contribution in [0.25, 0.3) is 0 Å². The number of hydrogen-bond acceptors (Lipinski definition) is 6. The van der Waals surface area contributed by atoms with Gasteiger partial charge in [0.2, 0.25) is 0 Å². The Morgan fingerprint density at radius 3 is 3.00 bits per heavy atom. The van der Waals surface area contributed by atoms with E-state index < -0.39 is 5.60 Å². The molecule has 0 radical (unpaired) electrons. The van der Waals surface area contributed by atoms with Crippen molar-refractivity contribution in [1.29, 1.82) is 0 Å². The first kappa shape index (κ1) is 19.1. The van der Waals surface area contributed by atoms with Crippen LogP contribution in [0.1, 0.15) is 24.2 Å². The summed E-state index contributed by atoms with van der Waals surface area (Å²) >= 11 is 0. The zero-order valence-corrected chi connectivity index (χ0v) is 15.3. The largest absolute Gasteiger partial charge is 0.497 e. The number of ether oxygens (including phenoxy) is 1. The summed E-state index contributed by atoms with van der Waals surface area (Å²) in [5.41, 5.74) is -0.808. The van der Waals surface area contributed by atoms with E-state index >= 15 is 0 Å². The first-order chi connectivity index (χ1) is 13.0. The third-order valence-electron chi connectivity index (χ3n) is 4.72. The number of aliphatic hydroxyl groups is 1. The fourth-order valence-corrected chi connectivity index (χ4v) is 3.30. The molecule has 1 fully saturated rings. The van der Waals surface area contributed by atoms with Crippen molar-refractivity contribution >= 4 is 5.91 Å². The lowest BCUT2D eigenvalue weighted by molar-refractivity contribution is -0.157. The number of methoxy groups -OCH3 is 1. The number of likely N-dealkylation sites (tertiary alicyclic amines) is 1. The van der Waals surface area contributed by atoms with Crippen LogP contribution in [0.15, 0.2) is 29.1 Å². The molecule has 0 spiro atoms. The van der Waals surface area contributed by atoms with E-state index in [4.69, 9.17) is 4.74 Å². The van der Waals surface area contributed by atoms with Gasteiger partial charge in [-0.05, 0) is 30.5 Å². The Bertz CT molecular complexity index is 833. The Hall–Kier alpha value is -2.65. The van der Waals surface area contributed by atoms with Crippen LogP contribution in [0.3, 0.4) is 0 Å². The maximum absolute atomic E-state index is 12.8. The molecular formula is C18H25N5O4. The van der Waals surface area contributed by atoms with E-state index in [0.717, 1.165) is 17.7 Å². The fraction of sp³-hybridized carbons (Fsp3) is 0.500. The van der Waals surface area contributed by atoms with Gasteiger partial charge in [-0.15, -0.1) is 0 Å². The van der Waals surface area contributed by atoms with Crippen LogP contribution in [0.2, 0.25) is 0 Å². The van der Waals surface area contributed by atoms with Gasteiger partial charge < -0.3 is 20.1 Å². The highest BCUT2D eigenvalue weighted by Gasteiger charge is 2.41. The summed E-state index contributed by atoms with van der Waals surface area (Å²) < 4.78 is 5.22. The molecule has 2 aromatic rings. The highest BCUT2D eigenvalue weighted by atomic mass is 16.5. The van der Waals surface area contributed by atoms with Gasteiger partial charge in [-0.2, -0.15) is 5.10 Å². The van der Waals surface area contributed by atoms with Crippen molar-refractivity contribution in [3.63, 3.8) is 0 Å². The molecule has 0 unspecified atom stereocenters. The molecule has 0 saturated carbocycles. The van der Waals surface area contributed by atoms with Crippen LogP contribution in [0.5, 0.6) is 5.75 Å². The number of rotatable bonds is 8. The molecule has 0 aliphatic carbocycles. The van der Waals surface area contributed by atoms with E-state index in [9.17, 15) is 14.7 Å². The van der Waals surface area contributed by atoms with Crippen LogP contribution in [-0.4, -0.2) is 63.4 Å². The van der Waals surface area contributed by atoms with Crippen LogP contribution in [0.4, 0.5) is 0 Å². The summed E-state index contributed by atoms with van der Waals surface area (Å²) in [5.74, 6) is 1.01. The molecule has 3 rings (SSSR count). The molecule has 0 bridgehead atoms. The first-order valence-electron chi connectivity index (χ1n) is 8.99. The van der Waals surface area contributed by atoms with Gasteiger partial charge >= 0.3 is 5.69 Å². The maximum Gasteiger partial charge on any atom is 0.340 e. The minimum Gasteiger partial charge on any atom is -0.497 e. The number of amides is 1. The van der Waals surface area contributed by atoms with Crippen molar-refractivity contribution in [3.05, 3.63) is 46.1 Å². The standard InChI is InChI=1S/C18H25N5O4/c1-27-14-5-2-4-13(10-14)11-23-9-3-7-18(26,16(23)24)12-19-8-6-15-20-17(25)22-21-15/h2,4-5,10,19,26H,3,6-9,11-12H2,1H3,(H2,20,21,22,25)/t18-/m1/s1. The van der Waals surface area contributed by atoms with Gasteiger partial charge in [-0.1, -0.05) is 12.1 Å². The predicted molar refractivity (Wildman–Crippen MR) is 98.4 cm³/mol. The molecular weight excluding hydrogens is 350 g/mol. The number of nitrogens with zero attached hydrogens (tertiary/aromatic N) is 2. The quantitative estimate of drug-likeness (QED) is 0.474. The van der Waals surface area contributed by atoms with Crippen molar-refractivity contribution in [2.75, 3.05) is 26.7 Å². The minimum atomic E-state index is -1.42. The average molecular weight is 375 g/mol. The predicted octanol–water partition coefficient (Wildman–Crippen LogP) is -0.208. The van der Waals surface area contributed by atoms with Gasteiger partial charge in [0, 0.05) is 32.6 Å². The minimum absolute atomic E-state index is 0.162. The molecule has 9 heteroatoms. The zero-order chi connectivity index (χ0) is 19.3. The van der Waals surface area contributed by atoms with Crippen molar-refractivity contribution in [3.8, 4) is 5.75 Å². The molecule has 9 nitrogen and oxygen atoms in total. The molecule has 1 amide bonds. The smallest absolute Gasteiger partial charge is 0.340 e. The first-order valence-corrected chi connectivity index (χ1v) is 8.99. The molecule has 1 aromatic carbocycles. The van der Waals surface area contributed by atoms with E-state index in [1.807, 2.05) is 24.3 Å². The number of piperidine rings is 1. The molecule has 146 valence electrons. The summed E-state index contributed by atoms with van der Waals surface area (Å²) in [6.07, 6.45) is 1.66. The van der Waals surface area contributed by atoms with E-state index in [1.54, 1.807) is 12.0 Å². The lowest BCUT2D eigenvalue weighted by Gasteiger charge is -2.38. The summed E-state index contributed by atoms with van der Waals surface area (Å²) in [6, 6.07) is 7.57. The topological polar surface area (TPSA) is 123 Å².